The molecule has 26 heavy (non-hydrogen) atoms. The van der Waals surface area contributed by atoms with Gasteiger partial charge in [-0.05, 0) is 30.3 Å². The maximum absolute atomic E-state index is 13.6. The molecule has 0 saturated carbocycles. The average Bonchev–Trinajstić information content (AvgIpc) is 2.62. The van der Waals surface area contributed by atoms with E-state index in [9.17, 15) is 18.8 Å². The van der Waals surface area contributed by atoms with Crippen molar-refractivity contribution in [1.82, 2.24) is 4.98 Å². The molecule has 1 heterocycles. The monoisotopic (exact) mass is 374 g/mol. The zero-order chi connectivity index (χ0) is 18.7. The third-order valence-corrected chi connectivity index (χ3v) is 3.73. The van der Waals surface area contributed by atoms with Crippen LogP contribution < -0.4 is 10.7 Å². The molecule has 6 nitrogen and oxygen atoms in total. The van der Waals surface area contributed by atoms with Gasteiger partial charge in [0.25, 0.3) is 5.91 Å². The Bertz CT molecular complexity index is 1060. The number of benzene rings is 2. The maximum atomic E-state index is 13.6. The van der Waals surface area contributed by atoms with Crippen molar-refractivity contribution in [1.29, 1.82) is 0 Å². The fourth-order valence-corrected chi connectivity index (χ4v) is 2.47. The van der Waals surface area contributed by atoms with Crippen molar-refractivity contribution in [3.05, 3.63) is 75.3 Å². The Morgan fingerprint density at radius 2 is 1.92 bits per heavy atom. The number of para-hydroxylation sites is 1. The summed E-state index contributed by atoms with van der Waals surface area (Å²) in [6.07, 6.45) is 0. The number of pyridine rings is 1. The van der Waals surface area contributed by atoms with Gasteiger partial charge in [0.2, 0.25) is 0 Å². The van der Waals surface area contributed by atoms with Crippen LogP contribution in [0.5, 0.6) is 0 Å². The molecule has 132 valence electrons. The lowest BCUT2D eigenvalue weighted by molar-refractivity contribution is -0.119. The molecule has 8 heteroatoms. The van der Waals surface area contributed by atoms with E-state index in [0.717, 1.165) is 12.1 Å². The van der Waals surface area contributed by atoms with Crippen LogP contribution in [0, 0.1) is 5.82 Å². The van der Waals surface area contributed by atoms with Crippen molar-refractivity contribution in [3.8, 4) is 0 Å². The van der Waals surface area contributed by atoms with Crippen molar-refractivity contribution < 1.29 is 18.7 Å². The first-order chi connectivity index (χ1) is 12.4. The topological polar surface area (TPSA) is 88.3 Å². The Morgan fingerprint density at radius 1 is 1.15 bits per heavy atom. The number of halogens is 2. The molecule has 0 unspecified atom stereocenters. The summed E-state index contributed by atoms with van der Waals surface area (Å²) in [5.41, 5.74) is -0.0951. The first kappa shape index (κ1) is 17.6. The molecule has 0 bridgehead atoms. The van der Waals surface area contributed by atoms with Crippen LogP contribution in [0.1, 0.15) is 10.5 Å². The number of aromatic nitrogens is 1. The molecule has 3 aromatic rings. The molecule has 3 rings (SSSR count). The number of hydrogen-bond acceptors (Lipinski definition) is 4. The fourth-order valence-electron chi connectivity index (χ4n) is 2.30. The highest BCUT2D eigenvalue weighted by molar-refractivity contribution is 6.30. The van der Waals surface area contributed by atoms with Crippen molar-refractivity contribution in [2.75, 3.05) is 11.9 Å². The van der Waals surface area contributed by atoms with Crippen molar-refractivity contribution in [2.45, 2.75) is 0 Å². The number of rotatable bonds is 4. The number of fused-ring (bicyclic) bond motifs is 1. The normalized spacial score (nSPS) is 10.5. The zero-order valence-corrected chi connectivity index (χ0v) is 14.0. The second-order valence-electron chi connectivity index (χ2n) is 5.34. The van der Waals surface area contributed by atoms with E-state index in [4.69, 9.17) is 16.3 Å². The van der Waals surface area contributed by atoms with E-state index in [1.54, 1.807) is 24.3 Å². The number of carbonyl (C=O) groups is 2. The van der Waals surface area contributed by atoms with Gasteiger partial charge in [-0.2, -0.15) is 0 Å². The van der Waals surface area contributed by atoms with Gasteiger partial charge in [-0.1, -0.05) is 23.7 Å². The summed E-state index contributed by atoms with van der Waals surface area (Å²) in [5.74, 6) is -2.30. The van der Waals surface area contributed by atoms with Crippen LogP contribution in [0.3, 0.4) is 0 Å². The molecular weight excluding hydrogens is 363 g/mol. The SMILES string of the molecule is O=C(COC(=O)c1cc(=O)c2ccccc2[nH]1)Nc1cc(Cl)ccc1F. The van der Waals surface area contributed by atoms with E-state index in [0.29, 0.717) is 10.9 Å². The molecule has 0 radical (unpaired) electrons. The molecule has 0 atom stereocenters. The third-order valence-electron chi connectivity index (χ3n) is 3.49. The van der Waals surface area contributed by atoms with E-state index in [1.807, 2.05) is 0 Å². The number of carbonyl (C=O) groups excluding carboxylic acids is 2. The lowest BCUT2D eigenvalue weighted by Gasteiger charge is -2.08. The molecule has 2 N–H and O–H groups in total. The molecule has 0 saturated heterocycles. The van der Waals surface area contributed by atoms with Crippen LogP contribution in [0.2, 0.25) is 5.02 Å². The van der Waals surface area contributed by atoms with E-state index >= 15 is 0 Å². The lowest BCUT2D eigenvalue weighted by atomic mass is 10.2. The quantitative estimate of drug-likeness (QED) is 0.687. The van der Waals surface area contributed by atoms with Gasteiger partial charge in [0.05, 0.1) is 5.69 Å². The van der Waals surface area contributed by atoms with Crippen LogP contribution in [0.4, 0.5) is 10.1 Å². The number of H-pyrrole nitrogens is 1. The van der Waals surface area contributed by atoms with Gasteiger partial charge in [0, 0.05) is 22.0 Å². The third kappa shape index (κ3) is 3.89. The largest absolute Gasteiger partial charge is 0.451 e. The van der Waals surface area contributed by atoms with Crippen LogP contribution in [-0.2, 0) is 9.53 Å². The van der Waals surface area contributed by atoms with Crippen molar-refractivity contribution in [2.24, 2.45) is 0 Å². The summed E-state index contributed by atoms with van der Waals surface area (Å²) < 4.78 is 18.4. The molecule has 0 fully saturated rings. The summed E-state index contributed by atoms with van der Waals surface area (Å²) >= 11 is 5.73. The second-order valence-corrected chi connectivity index (χ2v) is 5.78. The molecule has 1 aromatic heterocycles. The van der Waals surface area contributed by atoms with E-state index in [1.165, 1.54) is 12.1 Å². The standard InChI is InChI=1S/C18H12ClFN2O4/c19-10-5-6-12(20)14(7-10)22-17(24)9-26-18(25)15-8-16(23)11-3-1-2-4-13(11)21-15/h1-8H,9H2,(H,21,23)(H,22,24). The van der Waals surface area contributed by atoms with E-state index in [2.05, 4.69) is 10.3 Å². The first-order valence-corrected chi connectivity index (χ1v) is 7.86. The van der Waals surface area contributed by atoms with Gasteiger partial charge in [-0.3, -0.25) is 9.59 Å². The van der Waals surface area contributed by atoms with Crippen LogP contribution in [-0.4, -0.2) is 23.5 Å². The van der Waals surface area contributed by atoms with Crippen LogP contribution >= 0.6 is 11.6 Å². The molecule has 2 aromatic carbocycles. The summed E-state index contributed by atoms with van der Waals surface area (Å²) in [6.45, 7) is -0.653. The Kier molecular flexibility index (Phi) is 4.99. The zero-order valence-electron chi connectivity index (χ0n) is 13.2. The van der Waals surface area contributed by atoms with Gasteiger partial charge in [0.15, 0.2) is 12.0 Å². The summed E-state index contributed by atoms with van der Waals surface area (Å²) in [6, 6.07) is 11.4. The predicted molar refractivity (Wildman–Crippen MR) is 94.9 cm³/mol. The second kappa shape index (κ2) is 7.37. The van der Waals surface area contributed by atoms with Crippen LogP contribution in [0.25, 0.3) is 10.9 Å². The molecule has 1 amide bonds. The van der Waals surface area contributed by atoms with Gasteiger partial charge in [0.1, 0.15) is 11.5 Å². The first-order valence-electron chi connectivity index (χ1n) is 7.48. The Balaban J connectivity index is 1.68. The van der Waals surface area contributed by atoms with Crippen molar-refractivity contribution >= 4 is 40.1 Å². The lowest BCUT2D eigenvalue weighted by Crippen LogP contribution is -2.22. The fraction of sp³-hybridized carbons (Fsp3) is 0.0556. The Hall–Kier alpha value is -3.19. The highest BCUT2D eigenvalue weighted by Crippen LogP contribution is 2.19. The van der Waals surface area contributed by atoms with Gasteiger partial charge in [-0.15, -0.1) is 0 Å². The average molecular weight is 375 g/mol. The molecule has 0 aliphatic carbocycles. The number of amides is 1. The van der Waals surface area contributed by atoms with Gasteiger partial charge in [-0.25, -0.2) is 9.18 Å². The summed E-state index contributed by atoms with van der Waals surface area (Å²) in [7, 11) is 0. The molecular formula is C18H12ClFN2O4. The highest BCUT2D eigenvalue weighted by atomic mass is 35.5. The maximum Gasteiger partial charge on any atom is 0.355 e. The van der Waals surface area contributed by atoms with Gasteiger partial charge >= 0.3 is 5.97 Å². The van der Waals surface area contributed by atoms with Crippen molar-refractivity contribution in [3.63, 3.8) is 0 Å². The number of hydrogen-bond donors (Lipinski definition) is 2. The number of esters is 1. The number of aromatic amines is 1. The van der Waals surface area contributed by atoms with E-state index in [-0.39, 0.29) is 21.8 Å². The highest BCUT2D eigenvalue weighted by Gasteiger charge is 2.14. The number of anilines is 1. The minimum absolute atomic E-state index is 0.0876. The summed E-state index contributed by atoms with van der Waals surface area (Å²) in [5, 5.41) is 2.92. The number of nitrogens with one attached hydrogen (secondary N) is 2. The molecule has 0 spiro atoms. The molecule has 0 aliphatic rings. The minimum atomic E-state index is -0.880. The smallest absolute Gasteiger partial charge is 0.355 e. The Morgan fingerprint density at radius 3 is 2.73 bits per heavy atom. The Labute approximate surface area is 151 Å². The minimum Gasteiger partial charge on any atom is -0.451 e. The van der Waals surface area contributed by atoms with Crippen LogP contribution in [0.15, 0.2) is 53.3 Å². The predicted octanol–water partition coefficient (Wildman–Crippen LogP) is 3.12. The number of ether oxygens (including phenoxy) is 1. The van der Waals surface area contributed by atoms with Gasteiger partial charge < -0.3 is 15.0 Å². The summed E-state index contributed by atoms with van der Waals surface area (Å²) in [4.78, 5) is 38.6. The van der Waals surface area contributed by atoms with E-state index < -0.39 is 24.3 Å². The molecule has 0 aliphatic heterocycles.